The lowest BCUT2D eigenvalue weighted by Crippen LogP contribution is -2.12. The monoisotopic (exact) mass is 722 g/mol. The molecule has 0 radical (unpaired) electrons. The quantitative estimate of drug-likeness (QED) is 0.181. The molecule has 0 aliphatic heterocycles. The molecule has 9 heteroatoms. The summed E-state index contributed by atoms with van der Waals surface area (Å²) < 4.78 is 62.8. The average molecular weight is 723 g/mol. The summed E-state index contributed by atoms with van der Waals surface area (Å²) >= 11 is 0. The second-order valence-corrected chi connectivity index (χ2v) is 13.4. The van der Waals surface area contributed by atoms with Gasteiger partial charge in [0.15, 0.2) is 17.5 Å². The van der Waals surface area contributed by atoms with Crippen molar-refractivity contribution in [1.29, 1.82) is 0 Å². The summed E-state index contributed by atoms with van der Waals surface area (Å²) in [5.41, 5.74) is 3.65. The molecule has 4 aromatic heterocycles. The van der Waals surface area contributed by atoms with Crippen molar-refractivity contribution < 1.29 is 22.0 Å². The maximum absolute atomic E-state index is 16.1. The van der Waals surface area contributed by atoms with Gasteiger partial charge in [-0.2, -0.15) is 13.2 Å². The van der Waals surface area contributed by atoms with E-state index >= 15 is 13.2 Å². The van der Waals surface area contributed by atoms with Crippen LogP contribution in [0, 0.1) is 0 Å². The zero-order valence-corrected chi connectivity index (χ0v) is 28.7. The van der Waals surface area contributed by atoms with Crippen LogP contribution in [0.5, 0.6) is 0 Å². The van der Waals surface area contributed by atoms with Crippen molar-refractivity contribution in [3.63, 3.8) is 0 Å². The largest absolute Gasteiger partial charge is 0.456 e. The van der Waals surface area contributed by atoms with Crippen LogP contribution < -0.4 is 0 Å². The summed E-state index contributed by atoms with van der Waals surface area (Å²) in [5.74, 6) is 0.699. The molecule has 0 fully saturated rings. The lowest BCUT2D eigenvalue weighted by Gasteiger charge is -2.19. The number of hydrogen-bond acceptors (Lipinski definition) is 5. The highest BCUT2D eigenvalue weighted by Crippen LogP contribution is 2.49. The van der Waals surface area contributed by atoms with Crippen LogP contribution >= 0.6 is 0 Å². The van der Waals surface area contributed by atoms with E-state index in [1.165, 1.54) is 0 Å². The molecule has 0 N–H and O–H groups in total. The SMILES string of the molecule is FC(F)(F)c1cc(-c2nc(-c3ccccc3)nc(-c3ccccc3)n2)c2oc3ccccc3c2c1-n1c2ccccc2c2ccc3oc4ccccc4c3c21. The van der Waals surface area contributed by atoms with Gasteiger partial charge in [-0.25, -0.2) is 15.0 Å². The molecule has 55 heavy (non-hydrogen) atoms. The summed E-state index contributed by atoms with van der Waals surface area (Å²) in [6.45, 7) is 0. The molecule has 0 aliphatic rings. The normalized spacial score (nSPS) is 12.3. The minimum Gasteiger partial charge on any atom is -0.456 e. The minimum atomic E-state index is -4.82. The first-order valence-electron chi connectivity index (χ1n) is 17.7. The van der Waals surface area contributed by atoms with Crippen LogP contribution in [0.2, 0.25) is 0 Å². The highest BCUT2D eigenvalue weighted by molar-refractivity contribution is 6.26. The van der Waals surface area contributed by atoms with Gasteiger partial charge in [0.2, 0.25) is 0 Å². The van der Waals surface area contributed by atoms with Gasteiger partial charge in [0.25, 0.3) is 0 Å². The Balaban J connectivity index is 1.33. The summed E-state index contributed by atoms with van der Waals surface area (Å²) in [6, 6.07) is 45.9. The third kappa shape index (κ3) is 4.72. The molecule has 0 saturated carbocycles. The maximum Gasteiger partial charge on any atom is 0.418 e. The number of fused-ring (bicyclic) bond motifs is 10. The number of alkyl halides is 3. The van der Waals surface area contributed by atoms with Gasteiger partial charge < -0.3 is 13.4 Å². The van der Waals surface area contributed by atoms with Crippen molar-refractivity contribution in [3.05, 3.63) is 157 Å². The molecular weight excluding hydrogens is 698 g/mol. The molecule has 0 aliphatic carbocycles. The van der Waals surface area contributed by atoms with E-state index in [1.54, 1.807) is 28.8 Å². The van der Waals surface area contributed by atoms with E-state index in [2.05, 4.69) is 0 Å². The predicted molar refractivity (Wildman–Crippen MR) is 210 cm³/mol. The highest BCUT2D eigenvalue weighted by Gasteiger charge is 2.39. The number of benzene rings is 7. The number of aromatic nitrogens is 4. The van der Waals surface area contributed by atoms with E-state index in [9.17, 15) is 0 Å². The van der Waals surface area contributed by atoms with E-state index < -0.39 is 11.7 Å². The fraction of sp³-hybridized carbons (Fsp3) is 0.0217. The summed E-state index contributed by atoms with van der Waals surface area (Å²) in [4.78, 5) is 14.4. The van der Waals surface area contributed by atoms with Crippen molar-refractivity contribution in [2.24, 2.45) is 0 Å². The molecule has 11 rings (SSSR count). The van der Waals surface area contributed by atoms with Crippen LogP contribution in [0.25, 0.3) is 106 Å². The van der Waals surface area contributed by atoms with Gasteiger partial charge in [0.05, 0.1) is 38.6 Å². The van der Waals surface area contributed by atoms with E-state index in [-0.39, 0.29) is 28.0 Å². The molecule has 262 valence electrons. The van der Waals surface area contributed by atoms with Crippen molar-refractivity contribution in [3.8, 4) is 39.9 Å². The Morgan fingerprint density at radius 3 is 1.67 bits per heavy atom. The third-order valence-electron chi connectivity index (χ3n) is 10.3. The van der Waals surface area contributed by atoms with Gasteiger partial charge in [0, 0.05) is 32.7 Å². The zero-order chi connectivity index (χ0) is 36.8. The Morgan fingerprint density at radius 1 is 0.473 bits per heavy atom. The Morgan fingerprint density at radius 2 is 1.02 bits per heavy atom. The Labute approximate surface area is 309 Å². The van der Waals surface area contributed by atoms with E-state index in [1.807, 2.05) is 121 Å². The van der Waals surface area contributed by atoms with Gasteiger partial charge >= 0.3 is 6.18 Å². The minimum absolute atomic E-state index is 0.0548. The molecule has 0 bridgehead atoms. The van der Waals surface area contributed by atoms with Crippen molar-refractivity contribution in [2.45, 2.75) is 6.18 Å². The smallest absolute Gasteiger partial charge is 0.418 e. The summed E-state index contributed by atoms with van der Waals surface area (Å²) in [7, 11) is 0. The number of halogens is 3. The molecular formula is C46H25F3N4O2. The van der Waals surface area contributed by atoms with Gasteiger partial charge in [-0.05, 0) is 36.4 Å². The molecule has 11 aromatic rings. The van der Waals surface area contributed by atoms with Gasteiger partial charge in [-0.1, -0.05) is 115 Å². The lowest BCUT2D eigenvalue weighted by molar-refractivity contribution is -0.137. The first-order chi connectivity index (χ1) is 26.9. The standard InChI is InChI=1S/C46H25F3N4O2/c47-46(48,49)33-25-32(45-51-43(26-13-3-1-4-14-26)50-44(52-45)27-15-5-2-6-16-27)42-39(31-19-9-12-22-36(31)55-42)41(33)53-34-20-10-7-17-28(34)29-23-24-37-38(40(29)53)30-18-8-11-21-35(30)54-37/h1-25H. The Hall–Kier alpha value is -7.26. The lowest BCUT2D eigenvalue weighted by atomic mass is 9.99. The molecule has 4 heterocycles. The Kier molecular flexibility index (Phi) is 6.61. The average Bonchev–Trinajstić information content (AvgIpc) is 3.90. The van der Waals surface area contributed by atoms with Gasteiger partial charge in [-0.3, -0.25) is 0 Å². The zero-order valence-electron chi connectivity index (χ0n) is 28.7. The first-order valence-corrected chi connectivity index (χ1v) is 17.7. The van der Waals surface area contributed by atoms with Crippen LogP contribution in [0.3, 0.4) is 0 Å². The predicted octanol–water partition coefficient (Wildman–Crippen LogP) is 12.8. The highest BCUT2D eigenvalue weighted by atomic mass is 19.4. The van der Waals surface area contributed by atoms with Crippen LogP contribution in [-0.4, -0.2) is 19.5 Å². The number of nitrogens with zero attached hydrogens (tertiary/aromatic N) is 4. The van der Waals surface area contributed by atoms with Gasteiger partial charge in [-0.15, -0.1) is 0 Å². The second kappa shape index (κ2) is 11.6. The summed E-state index contributed by atoms with van der Waals surface area (Å²) in [5, 5.41) is 3.94. The number of hydrogen-bond donors (Lipinski definition) is 0. The third-order valence-corrected chi connectivity index (χ3v) is 10.3. The molecule has 0 amide bonds. The van der Waals surface area contributed by atoms with Crippen LogP contribution in [0.1, 0.15) is 5.56 Å². The topological polar surface area (TPSA) is 69.9 Å². The van der Waals surface area contributed by atoms with E-state index in [0.29, 0.717) is 55.9 Å². The fourth-order valence-corrected chi connectivity index (χ4v) is 7.92. The van der Waals surface area contributed by atoms with Gasteiger partial charge in [0.1, 0.15) is 22.3 Å². The number of para-hydroxylation sites is 3. The van der Waals surface area contributed by atoms with Crippen molar-refractivity contribution in [1.82, 2.24) is 19.5 Å². The second-order valence-electron chi connectivity index (χ2n) is 13.4. The summed E-state index contributed by atoms with van der Waals surface area (Å²) in [6.07, 6.45) is -4.82. The maximum atomic E-state index is 16.1. The van der Waals surface area contributed by atoms with Crippen LogP contribution in [0.15, 0.2) is 160 Å². The number of furan rings is 2. The van der Waals surface area contributed by atoms with E-state index in [0.717, 1.165) is 27.6 Å². The van der Waals surface area contributed by atoms with Crippen molar-refractivity contribution in [2.75, 3.05) is 0 Å². The molecule has 0 unspecified atom stereocenters. The van der Waals surface area contributed by atoms with Crippen LogP contribution in [0.4, 0.5) is 13.2 Å². The molecule has 0 spiro atoms. The Bertz CT molecular complexity index is 3250. The molecule has 0 saturated heterocycles. The fourth-order valence-electron chi connectivity index (χ4n) is 7.92. The number of rotatable bonds is 4. The van der Waals surface area contributed by atoms with Crippen molar-refractivity contribution >= 4 is 65.7 Å². The van der Waals surface area contributed by atoms with E-state index in [4.69, 9.17) is 23.8 Å². The molecule has 6 nitrogen and oxygen atoms in total. The molecule has 0 atom stereocenters. The van der Waals surface area contributed by atoms with Crippen LogP contribution in [-0.2, 0) is 6.18 Å². The molecule has 7 aromatic carbocycles. The first kappa shape index (κ1) is 31.3.